The highest BCUT2D eigenvalue weighted by molar-refractivity contribution is 7.99. The van der Waals surface area contributed by atoms with E-state index in [0.29, 0.717) is 6.04 Å². The van der Waals surface area contributed by atoms with Gasteiger partial charge in [0.15, 0.2) is 0 Å². The van der Waals surface area contributed by atoms with Crippen LogP contribution in [-0.4, -0.2) is 29.0 Å². The summed E-state index contributed by atoms with van der Waals surface area (Å²) < 4.78 is 5.29. The van der Waals surface area contributed by atoms with Gasteiger partial charge in [-0.1, -0.05) is 6.92 Å². The molecule has 0 aliphatic heterocycles. The van der Waals surface area contributed by atoms with E-state index in [4.69, 9.17) is 4.42 Å². The first-order chi connectivity index (χ1) is 9.19. The molecule has 0 aromatic carbocycles. The second-order valence-corrected chi connectivity index (χ2v) is 6.64. The van der Waals surface area contributed by atoms with Gasteiger partial charge in [-0.2, -0.15) is 0 Å². The van der Waals surface area contributed by atoms with E-state index in [-0.39, 0.29) is 12.1 Å². The molecule has 1 heterocycles. The maximum atomic E-state index is 9.70. The Kier molecular flexibility index (Phi) is 5.37. The molecule has 1 aliphatic rings. The van der Waals surface area contributed by atoms with E-state index in [2.05, 4.69) is 12.2 Å². The normalized spacial score (nSPS) is 18.5. The lowest BCUT2D eigenvalue weighted by atomic mass is 9.91. The molecule has 0 radical (unpaired) electrons. The van der Waals surface area contributed by atoms with Crippen LogP contribution in [-0.2, 0) is 0 Å². The van der Waals surface area contributed by atoms with Crippen LogP contribution in [0.25, 0.3) is 0 Å². The Morgan fingerprint density at radius 3 is 2.84 bits per heavy atom. The molecule has 0 bridgehead atoms. The third-order valence-electron chi connectivity index (χ3n) is 3.94. The number of furan rings is 1. The molecule has 1 fully saturated rings. The van der Waals surface area contributed by atoms with E-state index in [9.17, 15) is 5.11 Å². The Balaban J connectivity index is 1.74. The van der Waals surface area contributed by atoms with E-state index >= 15 is 0 Å². The number of nitrogens with one attached hydrogen (secondary N) is 1. The maximum absolute atomic E-state index is 9.70. The standard InChI is InChI=1S/C15H25NO2S/c1-3-15(11-17,16-13-5-6-13)8-4-10-19-14-7-9-18-12(14)2/h7,9,13,16-17H,3-6,8,10-11H2,1-2H3. The van der Waals surface area contributed by atoms with Gasteiger partial charge in [-0.15, -0.1) is 11.8 Å². The average Bonchev–Trinajstić information content (AvgIpc) is 3.15. The van der Waals surface area contributed by atoms with Crippen LogP contribution in [0.15, 0.2) is 21.6 Å². The van der Waals surface area contributed by atoms with Crippen molar-refractivity contribution in [1.29, 1.82) is 0 Å². The molecule has 4 heteroatoms. The van der Waals surface area contributed by atoms with Crippen LogP contribution >= 0.6 is 11.8 Å². The molecule has 1 aromatic heterocycles. The van der Waals surface area contributed by atoms with Crippen LogP contribution in [0.4, 0.5) is 0 Å². The number of thioether (sulfide) groups is 1. The van der Waals surface area contributed by atoms with Crippen molar-refractivity contribution in [2.75, 3.05) is 12.4 Å². The number of aryl methyl sites for hydroxylation is 1. The lowest BCUT2D eigenvalue weighted by Gasteiger charge is -2.32. The van der Waals surface area contributed by atoms with Crippen molar-refractivity contribution in [2.45, 2.75) is 62.4 Å². The first-order valence-corrected chi connectivity index (χ1v) is 8.23. The van der Waals surface area contributed by atoms with Gasteiger partial charge in [-0.05, 0) is 50.8 Å². The quantitative estimate of drug-likeness (QED) is 0.539. The Labute approximate surface area is 120 Å². The van der Waals surface area contributed by atoms with Crippen LogP contribution in [0.3, 0.4) is 0 Å². The Morgan fingerprint density at radius 1 is 1.53 bits per heavy atom. The summed E-state index contributed by atoms with van der Waals surface area (Å²) in [6, 6.07) is 2.68. The summed E-state index contributed by atoms with van der Waals surface area (Å²) >= 11 is 1.85. The minimum absolute atomic E-state index is 0.0623. The molecular weight excluding hydrogens is 258 g/mol. The molecule has 2 rings (SSSR count). The van der Waals surface area contributed by atoms with Crippen molar-refractivity contribution in [3.63, 3.8) is 0 Å². The number of rotatable bonds is 9. The van der Waals surface area contributed by atoms with Crippen LogP contribution in [0.2, 0.25) is 0 Å². The molecule has 0 saturated heterocycles. The number of aliphatic hydroxyl groups is 1. The van der Waals surface area contributed by atoms with Gasteiger partial charge < -0.3 is 14.8 Å². The zero-order chi connectivity index (χ0) is 13.7. The van der Waals surface area contributed by atoms with Crippen LogP contribution < -0.4 is 5.32 Å². The zero-order valence-electron chi connectivity index (χ0n) is 11.9. The first kappa shape index (κ1) is 14.9. The molecule has 1 aromatic rings. The molecule has 0 spiro atoms. The third-order valence-corrected chi connectivity index (χ3v) is 5.16. The Bertz CT molecular complexity index is 383. The van der Waals surface area contributed by atoms with Gasteiger partial charge in [-0.3, -0.25) is 0 Å². The van der Waals surface area contributed by atoms with E-state index in [0.717, 1.165) is 30.8 Å². The molecule has 1 atom stereocenters. The van der Waals surface area contributed by atoms with Crippen molar-refractivity contribution >= 4 is 11.8 Å². The van der Waals surface area contributed by atoms with Crippen molar-refractivity contribution in [3.8, 4) is 0 Å². The van der Waals surface area contributed by atoms with Gasteiger partial charge >= 0.3 is 0 Å². The van der Waals surface area contributed by atoms with Crippen LogP contribution in [0.1, 0.15) is 44.8 Å². The molecule has 19 heavy (non-hydrogen) atoms. The minimum atomic E-state index is -0.0623. The molecule has 2 N–H and O–H groups in total. The summed E-state index contributed by atoms with van der Waals surface area (Å²) in [7, 11) is 0. The smallest absolute Gasteiger partial charge is 0.114 e. The van der Waals surface area contributed by atoms with Gasteiger partial charge in [0.25, 0.3) is 0 Å². The van der Waals surface area contributed by atoms with Crippen LogP contribution in [0, 0.1) is 6.92 Å². The molecule has 108 valence electrons. The Morgan fingerprint density at radius 2 is 2.32 bits per heavy atom. The highest BCUT2D eigenvalue weighted by Gasteiger charge is 2.33. The molecular formula is C15H25NO2S. The highest BCUT2D eigenvalue weighted by Crippen LogP contribution is 2.29. The molecule has 3 nitrogen and oxygen atoms in total. The number of hydrogen-bond donors (Lipinski definition) is 2. The predicted octanol–water partition coefficient (Wildman–Crippen LogP) is 3.35. The molecule has 0 amide bonds. The number of aliphatic hydroxyl groups excluding tert-OH is 1. The van der Waals surface area contributed by atoms with Gasteiger partial charge in [0, 0.05) is 16.5 Å². The molecule has 1 unspecified atom stereocenters. The van der Waals surface area contributed by atoms with E-state index in [1.54, 1.807) is 6.26 Å². The predicted molar refractivity (Wildman–Crippen MR) is 79.7 cm³/mol. The lowest BCUT2D eigenvalue weighted by Crippen LogP contribution is -2.49. The second-order valence-electron chi connectivity index (χ2n) is 5.50. The second kappa shape index (κ2) is 6.82. The van der Waals surface area contributed by atoms with E-state index in [1.807, 2.05) is 24.8 Å². The minimum Gasteiger partial charge on any atom is -0.468 e. The fourth-order valence-electron chi connectivity index (χ4n) is 2.36. The largest absolute Gasteiger partial charge is 0.468 e. The van der Waals surface area contributed by atoms with Gasteiger partial charge in [0.2, 0.25) is 0 Å². The lowest BCUT2D eigenvalue weighted by molar-refractivity contribution is 0.144. The van der Waals surface area contributed by atoms with Gasteiger partial charge in [0.1, 0.15) is 5.76 Å². The van der Waals surface area contributed by atoms with Gasteiger partial charge in [-0.25, -0.2) is 0 Å². The fourth-order valence-corrected chi connectivity index (χ4v) is 3.28. The summed E-state index contributed by atoms with van der Waals surface area (Å²) in [6.07, 6.45) is 7.44. The molecule has 1 saturated carbocycles. The van der Waals surface area contributed by atoms with Crippen molar-refractivity contribution in [1.82, 2.24) is 5.32 Å². The average molecular weight is 283 g/mol. The maximum Gasteiger partial charge on any atom is 0.114 e. The summed E-state index contributed by atoms with van der Waals surface area (Å²) in [5.74, 6) is 2.08. The summed E-state index contributed by atoms with van der Waals surface area (Å²) in [5, 5.41) is 13.3. The van der Waals surface area contributed by atoms with Crippen molar-refractivity contribution in [2.24, 2.45) is 0 Å². The first-order valence-electron chi connectivity index (χ1n) is 7.24. The Hall–Kier alpha value is -0.450. The third kappa shape index (κ3) is 4.26. The van der Waals surface area contributed by atoms with E-state index in [1.165, 1.54) is 17.7 Å². The molecule has 1 aliphatic carbocycles. The van der Waals surface area contributed by atoms with E-state index < -0.39 is 0 Å². The monoisotopic (exact) mass is 283 g/mol. The summed E-state index contributed by atoms with van der Waals surface area (Å²) in [6.45, 7) is 4.41. The fraction of sp³-hybridized carbons (Fsp3) is 0.733. The SMILES string of the molecule is CCC(CO)(CCCSc1ccoc1C)NC1CC1. The topological polar surface area (TPSA) is 45.4 Å². The van der Waals surface area contributed by atoms with Crippen molar-refractivity contribution in [3.05, 3.63) is 18.1 Å². The summed E-state index contributed by atoms with van der Waals surface area (Å²) in [4.78, 5) is 1.24. The number of hydrogen-bond acceptors (Lipinski definition) is 4. The van der Waals surface area contributed by atoms with Crippen molar-refractivity contribution < 1.29 is 9.52 Å². The summed E-state index contributed by atoms with van der Waals surface area (Å²) in [5.41, 5.74) is -0.0623. The van der Waals surface area contributed by atoms with Crippen LogP contribution in [0.5, 0.6) is 0 Å². The zero-order valence-corrected chi connectivity index (χ0v) is 12.8. The highest BCUT2D eigenvalue weighted by atomic mass is 32.2. The van der Waals surface area contributed by atoms with Gasteiger partial charge in [0.05, 0.1) is 12.9 Å².